The first kappa shape index (κ1) is 10.6. The Morgan fingerprint density at radius 3 is 2.93 bits per heavy atom. The molecule has 0 saturated heterocycles. The van der Waals surface area contributed by atoms with Crippen molar-refractivity contribution in [3.63, 3.8) is 0 Å². The van der Waals surface area contributed by atoms with Crippen molar-refractivity contribution in [1.29, 1.82) is 0 Å². The van der Waals surface area contributed by atoms with Crippen LogP contribution in [0.1, 0.15) is 17.5 Å². The van der Waals surface area contributed by atoms with Crippen molar-refractivity contribution < 1.29 is 4.79 Å². The van der Waals surface area contributed by atoms with Crippen LogP contribution in [0, 0.1) is 18.8 Å². The predicted molar refractivity (Wildman–Crippen MR) is 58.2 cm³/mol. The van der Waals surface area contributed by atoms with Crippen LogP contribution in [0.25, 0.3) is 0 Å². The first-order valence-corrected chi connectivity index (χ1v) is 4.51. The van der Waals surface area contributed by atoms with Crippen molar-refractivity contribution >= 4 is 23.6 Å². The minimum atomic E-state index is 0.222. The molecule has 2 nitrogen and oxygen atoms in total. The zero-order valence-electron chi connectivity index (χ0n) is 7.80. The van der Waals surface area contributed by atoms with Crippen molar-refractivity contribution in [1.82, 2.24) is 0 Å². The summed E-state index contributed by atoms with van der Waals surface area (Å²) < 4.78 is 0. The van der Waals surface area contributed by atoms with Crippen LogP contribution in [0.3, 0.4) is 0 Å². The van der Waals surface area contributed by atoms with Crippen LogP contribution < -0.4 is 5.73 Å². The lowest BCUT2D eigenvalue weighted by Crippen LogP contribution is -1.91. The fourth-order valence-electron chi connectivity index (χ4n) is 0.984. The van der Waals surface area contributed by atoms with Gasteiger partial charge in [-0.3, -0.25) is 0 Å². The molecule has 1 aromatic rings. The number of hydrogen-bond donors (Lipinski definition) is 1. The zero-order valence-corrected chi connectivity index (χ0v) is 8.56. The molecule has 14 heavy (non-hydrogen) atoms. The third kappa shape index (κ3) is 2.27. The number of carbonyl (C=O) groups excluding carboxylic acids is 1. The van der Waals surface area contributed by atoms with Crippen LogP contribution in [0.4, 0.5) is 5.69 Å². The maximum Gasteiger partial charge on any atom is 0.131 e. The minimum absolute atomic E-state index is 0.222. The molecule has 0 fully saturated rings. The van der Waals surface area contributed by atoms with Crippen molar-refractivity contribution in [3.05, 3.63) is 28.3 Å². The van der Waals surface area contributed by atoms with Crippen molar-refractivity contribution in [2.45, 2.75) is 13.3 Å². The molecule has 1 aromatic carbocycles. The normalized spacial score (nSPS) is 9.00. The topological polar surface area (TPSA) is 43.1 Å². The van der Waals surface area contributed by atoms with Crippen LogP contribution in [-0.4, -0.2) is 6.29 Å². The van der Waals surface area contributed by atoms with Crippen LogP contribution >= 0.6 is 11.6 Å². The Bertz CT molecular complexity index is 415. The fraction of sp³-hybridized carbons (Fsp3) is 0.182. The molecule has 0 amide bonds. The summed E-state index contributed by atoms with van der Waals surface area (Å²) in [7, 11) is 0. The summed E-state index contributed by atoms with van der Waals surface area (Å²) in [5.41, 5.74) is 7.84. The van der Waals surface area contributed by atoms with E-state index in [4.69, 9.17) is 17.3 Å². The van der Waals surface area contributed by atoms with Gasteiger partial charge in [-0.2, -0.15) is 0 Å². The Morgan fingerprint density at radius 1 is 1.57 bits per heavy atom. The number of benzene rings is 1. The van der Waals surface area contributed by atoms with Crippen molar-refractivity contribution in [2.24, 2.45) is 0 Å². The molecule has 0 aromatic heterocycles. The van der Waals surface area contributed by atoms with Crippen LogP contribution in [-0.2, 0) is 4.79 Å². The molecule has 0 heterocycles. The summed E-state index contributed by atoms with van der Waals surface area (Å²) in [5, 5.41) is 0.559. The summed E-state index contributed by atoms with van der Waals surface area (Å²) in [6, 6.07) is 3.51. The van der Waals surface area contributed by atoms with E-state index in [0.29, 0.717) is 16.3 Å². The van der Waals surface area contributed by atoms with Crippen molar-refractivity contribution in [2.75, 3.05) is 5.73 Å². The smallest absolute Gasteiger partial charge is 0.131 e. The monoisotopic (exact) mass is 207 g/mol. The first-order valence-electron chi connectivity index (χ1n) is 4.14. The van der Waals surface area contributed by atoms with E-state index in [1.165, 1.54) is 0 Å². The summed E-state index contributed by atoms with van der Waals surface area (Å²) in [4.78, 5) is 10.0. The summed E-state index contributed by atoms with van der Waals surface area (Å²) in [6.07, 6.45) is 0.977. The number of carbonyl (C=O) groups is 1. The molecular weight excluding hydrogens is 198 g/mol. The molecule has 0 unspecified atom stereocenters. The molecule has 3 heteroatoms. The molecule has 0 bridgehead atoms. The number of nitrogens with two attached hydrogens (primary N) is 1. The van der Waals surface area contributed by atoms with Gasteiger partial charge < -0.3 is 10.5 Å². The highest BCUT2D eigenvalue weighted by molar-refractivity contribution is 6.32. The predicted octanol–water partition coefficient (Wildman–Crippen LogP) is 2.17. The summed E-state index contributed by atoms with van der Waals surface area (Å²) >= 11 is 6.01. The molecule has 0 aliphatic carbocycles. The Kier molecular flexibility index (Phi) is 3.55. The van der Waals surface area contributed by atoms with Gasteiger partial charge in [0.05, 0.1) is 11.4 Å². The van der Waals surface area contributed by atoms with Gasteiger partial charge in [0.15, 0.2) is 0 Å². The van der Waals surface area contributed by atoms with Gasteiger partial charge in [0.1, 0.15) is 6.29 Å². The van der Waals surface area contributed by atoms with Gasteiger partial charge in [-0.05, 0) is 24.6 Å². The second kappa shape index (κ2) is 4.69. The summed E-state index contributed by atoms with van der Waals surface area (Å²) in [5.74, 6) is 5.51. The first-order chi connectivity index (χ1) is 6.66. The van der Waals surface area contributed by atoms with Gasteiger partial charge in [-0.15, -0.1) is 0 Å². The summed E-state index contributed by atoms with van der Waals surface area (Å²) in [6.45, 7) is 1.84. The highest BCUT2D eigenvalue weighted by atomic mass is 35.5. The number of rotatable bonds is 1. The number of hydrogen-bond acceptors (Lipinski definition) is 2. The zero-order chi connectivity index (χ0) is 10.6. The molecule has 72 valence electrons. The third-order valence-corrected chi connectivity index (χ3v) is 2.32. The van der Waals surface area contributed by atoms with Gasteiger partial charge in [0.25, 0.3) is 0 Å². The van der Waals surface area contributed by atoms with Crippen LogP contribution in [0.15, 0.2) is 12.1 Å². The maximum absolute atomic E-state index is 10.0. The lowest BCUT2D eigenvalue weighted by molar-refractivity contribution is -0.107. The number of aldehydes is 1. The van der Waals surface area contributed by atoms with Gasteiger partial charge >= 0.3 is 0 Å². The minimum Gasteiger partial charge on any atom is -0.398 e. The van der Waals surface area contributed by atoms with Gasteiger partial charge in [-0.1, -0.05) is 23.4 Å². The number of nitrogen functional groups attached to an aromatic ring is 1. The highest BCUT2D eigenvalue weighted by Crippen LogP contribution is 2.24. The fourth-order valence-corrected chi connectivity index (χ4v) is 1.20. The Balaban J connectivity index is 3.07. The van der Waals surface area contributed by atoms with E-state index < -0.39 is 0 Å². The van der Waals surface area contributed by atoms with E-state index in [2.05, 4.69) is 11.8 Å². The SMILES string of the molecule is Cc1c(N)ccc(C#CCC=O)c1Cl. The average molecular weight is 208 g/mol. The van der Waals surface area contributed by atoms with E-state index in [-0.39, 0.29) is 6.42 Å². The second-order valence-corrected chi connectivity index (χ2v) is 3.19. The molecule has 0 radical (unpaired) electrons. The second-order valence-electron chi connectivity index (χ2n) is 2.81. The molecule has 0 saturated carbocycles. The number of anilines is 1. The van der Waals surface area contributed by atoms with E-state index in [1.807, 2.05) is 6.92 Å². The molecule has 2 N–H and O–H groups in total. The Labute approximate surface area is 88.1 Å². The van der Waals surface area contributed by atoms with Gasteiger partial charge in [0.2, 0.25) is 0 Å². The standard InChI is InChI=1S/C11H10ClNO/c1-8-10(13)6-5-9(11(8)12)4-2-3-7-14/h5-7H,3,13H2,1H3. The third-order valence-electron chi connectivity index (χ3n) is 1.84. The molecule has 0 aliphatic heterocycles. The Hall–Kier alpha value is -1.46. The quantitative estimate of drug-likeness (QED) is 0.436. The van der Waals surface area contributed by atoms with Gasteiger partial charge in [-0.25, -0.2) is 0 Å². The molecular formula is C11H10ClNO. The van der Waals surface area contributed by atoms with E-state index in [9.17, 15) is 4.79 Å². The van der Waals surface area contributed by atoms with E-state index in [0.717, 1.165) is 11.8 Å². The lowest BCUT2D eigenvalue weighted by atomic mass is 10.1. The highest BCUT2D eigenvalue weighted by Gasteiger charge is 2.03. The number of halogens is 1. The molecule has 0 spiro atoms. The van der Waals surface area contributed by atoms with Crippen LogP contribution in [0.2, 0.25) is 5.02 Å². The molecule has 1 rings (SSSR count). The van der Waals surface area contributed by atoms with E-state index >= 15 is 0 Å². The van der Waals surface area contributed by atoms with Crippen molar-refractivity contribution in [3.8, 4) is 11.8 Å². The maximum atomic E-state index is 10.0. The van der Waals surface area contributed by atoms with Crippen LogP contribution in [0.5, 0.6) is 0 Å². The van der Waals surface area contributed by atoms with E-state index in [1.54, 1.807) is 12.1 Å². The molecule has 0 atom stereocenters. The largest absolute Gasteiger partial charge is 0.398 e. The Morgan fingerprint density at radius 2 is 2.29 bits per heavy atom. The lowest BCUT2D eigenvalue weighted by Gasteiger charge is -2.03. The molecule has 0 aliphatic rings. The average Bonchev–Trinajstić information content (AvgIpc) is 2.18. The van der Waals surface area contributed by atoms with Gasteiger partial charge in [0, 0.05) is 11.3 Å².